The molecule has 0 aliphatic carbocycles. The van der Waals surface area contributed by atoms with Crippen LogP contribution < -0.4 is 10.2 Å². The molecule has 0 bridgehead atoms. The van der Waals surface area contributed by atoms with Gasteiger partial charge in [0, 0.05) is 44.5 Å². The molecule has 0 spiro atoms. The number of hydrogen-bond acceptors (Lipinski definition) is 7. The Kier molecular flexibility index (Phi) is 5.53. The van der Waals surface area contributed by atoms with Crippen LogP contribution in [-0.2, 0) is 6.54 Å². The minimum atomic E-state index is -0.326. The van der Waals surface area contributed by atoms with E-state index in [2.05, 4.69) is 54.5 Å². The largest absolute Gasteiger partial charge is 0.360 e. The number of anilines is 2. The van der Waals surface area contributed by atoms with Crippen molar-refractivity contribution in [2.75, 3.05) is 36.4 Å². The highest BCUT2D eigenvalue weighted by Gasteiger charge is 2.21. The molecule has 1 amide bonds. The first-order chi connectivity index (χ1) is 14.1. The first kappa shape index (κ1) is 19.1. The average molecular weight is 392 g/mol. The number of rotatable bonds is 5. The number of piperazine rings is 1. The van der Waals surface area contributed by atoms with Crippen LogP contribution in [-0.4, -0.2) is 52.1 Å². The van der Waals surface area contributed by atoms with Crippen molar-refractivity contribution in [3.8, 4) is 0 Å². The number of nitrogens with zero attached hydrogens (tertiary/aromatic N) is 5. The van der Waals surface area contributed by atoms with E-state index in [0.29, 0.717) is 23.2 Å². The fourth-order valence-corrected chi connectivity index (χ4v) is 3.36. The summed E-state index contributed by atoms with van der Waals surface area (Å²) in [6.07, 6.45) is 0. The minimum Gasteiger partial charge on any atom is -0.360 e. The standard InChI is InChI=1S/C21H24N6O2/c1-15-12-18(20(28)24-19-13-16(2)29-25-19)23-21(22-15)27-10-8-26(9-11-27)14-17-6-4-3-5-7-17/h3-7,12-13H,8-11,14H2,1-2H3,(H,24,25,28). The first-order valence-electron chi connectivity index (χ1n) is 9.68. The van der Waals surface area contributed by atoms with Crippen LogP contribution in [0.15, 0.2) is 47.0 Å². The van der Waals surface area contributed by atoms with Crippen molar-refractivity contribution in [3.05, 3.63) is 65.2 Å². The Hall–Kier alpha value is -3.26. The summed E-state index contributed by atoms with van der Waals surface area (Å²) in [5.41, 5.74) is 2.39. The molecule has 8 heteroatoms. The second-order valence-electron chi connectivity index (χ2n) is 7.22. The van der Waals surface area contributed by atoms with E-state index in [0.717, 1.165) is 38.4 Å². The fourth-order valence-electron chi connectivity index (χ4n) is 3.36. The number of benzene rings is 1. The number of amides is 1. The Balaban J connectivity index is 1.40. The molecule has 3 heterocycles. The Morgan fingerprint density at radius 2 is 1.83 bits per heavy atom. The van der Waals surface area contributed by atoms with Crippen LogP contribution in [0.5, 0.6) is 0 Å². The Morgan fingerprint density at radius 3 is 2.52 bits per heavy atom. The second kappa shape index (κ2) is 8.40. The highest BCUT2D eigenvalue weighted by Crippen LogP contribution is 2.16. The highest BCUT2D eigenvalue weighted by molar-refractivity contribution is 6.02. The molecule has 1 aliphatic heterocycles. The molecule has 1 saturated heterocycles. The quantitative estimate of drug-likeness (QED) is 0.714. The van der Waals surface area contributed by atoms with E-state index in [1.54, 1.807) is 19.1 Å². The molecule has 3 aromatic rings. The van der Waals surface area contributed by atoms with Gasteiger partial charge in [-0.05, 0) is 25.5 Å². The molecule has 0 unspecified atom stereocenters. The van der Waals surface area contributed by atoms with Gasteiger partial charge in [-0.3, -0.25) is 9.69 Å². The number of aryl methyl sites for hydroxylation is 2. The van der Waals surface area contributed by atoms with Crippen molar-refractivity contribution in [2.45, 2.75) is 20.4 Å². The zero-order valence-electron chi connectivity index (χ0n) is 16.6. The van der Waals surface area contributed by atoms with Crippen LogP contribution in [0.25, 0.3) is 0 Å². The van der Waals surface area contributed by atoms with E-state index in [1.165, 1.54) is 5.56 Å². The van der Waals surface area contributed by atoms with Gasteiger partial charge in [0.2, 0.25) is 5.95 Å². The predicted molar refractivity (Wildman–Crippen MR) is 110 cm³/mol. The average Bonchev–Trinajstić information content (AvgIpc) is 3.13. The van der Waals surface area contributed by atoms with E-state index >= 15 is 0 Å². The number of carbonyl (C=O) groups excluding carboxylic acids is 1. The normalized spacial score (nSPS) is 14.8. The third kappa shape index (κ3) is 4.78. The molecule has 1 aliphatic rings. The summed E-state index contributed by atoms with van der Waals surface area (Å²) in [5, 5.41) is 6.50. The summed E-state index contributed by atoms with van der Waals surface area (Å²) in [5.74, 6) is 1.27. The summed E-state index contributed by atoms with van der Waals surface area (Å²) in [4.78, 5) is 26.1. The van der Waals surface area contributed by atoms with Gasteiger partial charge in [0.25, 0.3) is 5.91 Å². The van der Waals surface area contributed by atoms with Crippen molar-refractivity contribution in [2.24, 2.45) is 0 Å². The molecule has 29 heavy (non-hydrogen) atoms. The van der Waals surface area contributed by atoms with Gasteiger partial charge in [-0.2, -0.15) is 0 Å². The van der Waals surface area contributed by atoms with Gasteiger partial charge >= 0.3 is 0 Å². The maximum atomic E-state index is 12.6. The molecular weight excluding hydrogens is 368 g/mol. The number of hydrogen-bond donors (Lipinski definition) is 1. The van der Waals surface area contributed by atoms with E-state index in [1.807, 2.05) is 13.0 Å². The van der Waals surface area contributed by atoms with Gasteiger partial charge < -0.3 is 14.7 Å². The Bertz CT molecular complexity index is 980. The van der Waals surface area contributed by atoms with E-state index in [9.17, 15) is 4.79 Å². The molecule has 150 valence electrons. The maximum absolute atomic E-state index is 12.6. The lowest BCUT2D eigenvalue weighted by molar-refractivity contribution is 0.102. The van der Waals surface area contributed by atoms with Crippen LogP contribution in [0, 0.1) is 13.8 Å². The molecule has 0 saturated carbocycles. The van der Waals surface area contributed by atoms with Gasteiger partial charge in [-0.15, -0.1) is 0 Å². The summed E-state index contributed by atoms with van der Waals surface area (Å²) in [7, 11) is 0. The SMILES string of the molecule is Cc1cc(C(=O)Nc2cc(C)on2)nc(N2CCN(Cc3ccccc3)CC2)n1. The molecular formula is C21H24N6O2. The Labute approximate surface area is 169 Å². The number of nitrogens with one attached hydrogen (secondary N) is 1. The predicted octanol–water partition coefficient (Wildman–Crippen LogP) is 2.66. The van der Waals surface area contributed by atoms with Crippen LogP contribution in [0.3, 0.4) is 0 Å². The molecule has 2 aromatic heterocycles. The molecule has 1 N–H and O–H groups in total. The molecule has 1 fully saturated rings. The third-order valence-electron chi connectivity index (χ3n) is 4.85. The third-order valence-corrected chi connectivity index (χ3v) is 4.85. The van der Waals surface area contributed by atoms with E-state index in [4.69, 9.17) is 4.52 Å². The van der Waals surface area contributed by atoms with Crippen molar-refractivity contribution in [3.63, 3.8) is 0 Å². The van der Waals surface area contributed by atoms with Crippen molar-refractivity contribution < 1.29 is 9.32 Å². The minimum absolute atomic E-state index is 0.319. The van der Waals surface area contributed by atoms with Crippen molar-refractivity contribution in [1.29, 1.82) is 0 Å². The van der Waals surface area contributed by atoms with Gasteiger partial charge in [0.15, 0.2) is 5.82 Å². The summed E-state index contributed by atoms with van der Waals surface area (Å²) < 4.78 is 4.99. The van der Waals surface area contributed by atoms with Gasteiger partial charge in [-0.1, -0.05) is 35.5 Å². The smallest absolute Gasteiger partial charge is 0.275 e. The summed E-state index contributed by atoms with van der Waals surface area (Å²) in [6, 6.07) is 13.8. The van der Waals surface area contributed by atoms with Crippen LogP contribution in [0.2, 0.25) is 0 Å². The highest BCUT2D eigenvalue weighted by atomic mass is 16.5. The number of aromatic nitrogens is 3. The van der Waals surface area contributed by atoms with E-state index < -0.39 is 0 Å². The Morgan fingerprint density at radius 1 is 1.07 bits per heavy atom. The monoisotopic (exact) mass is 392 g/mol. The topological polar surface area (TPSA) is 87.4 Å². The van der Waals surface area contributed by atoms with Gasteiger partial charge in [-0.25, -0.2) is 9.97 Å². The molecule has 4 rings (SSSR count). The van der Waals surface area contributed by atoms with Crippen molar-refractivity contribution >= 4 is 17.7 Å². The van der Waals surface area contributed by atoms with E-state index in [-0.39, 0.29) is 5.91 Å². The lowest BCUT2D eigenvalue weighted by Crippen LogP contribution is -2.46. The zero-order chi connectivity index (χ0) is 20.2. The molecule has 0 atom stereocenters. The van der Waals surface area contributed by atoms with Gasteiger partial charge in [0.05, 0.1) is 0 Å². The zero-order valence-corrected chi connectivity index (χ0v) is 16.6. The van der Waals surface area contributed by atoms with Crippen LogP contribution in [0.1, 0.15) is 27.5 Å². The van der Waals surface area contributed by atoms with Crippen LogP contribution in [0.4, 0.5) is 11.8 Å². The second-order valence-corrected chi connectivity index (χ2v) is 7.22. The lowest BCUT2D eigenvalue weighted by Gasteiger charge is -2.34. The maximum Gasteiger partial charge on any atom is 0.275 e. The number of carbonyl (C=O) groups is 1. The fraction of sp³-hybridized carbons (Fsp3) is 0.333. The molecule has 1 aromatic carbocycles. The van der Waals surface area contributed by atoms with Crippen molar-refractivity contribution in [1.82, 2.24) is 20.0 Å². The lowest BCUT2D eigenvalue weighted by atomic mass is 10.2. The first-order valence-corrected chi connectivity index (χ1v) is 9.68. The summed E-state index contributed by atoms with van der Waals surface area (Å²) >= 11 is 0. The summed E-state index contributed by atoms with van der Waals surface area (Å²) in [6.45, 7) is 8.06. The van der Waals surface area contributed by atoms with Gasteiger partial charge in [0.1, 0.15) is 11.5 Å². The van der Waals surface area contributed by atoms with Crippen LogP contribution >= 0.6 is 0 Å². The molecule has 8 nitrogen and oxygen atoms in total. The molecule has 0 radical (unpaired) electrons.